The molecule has 1 aliphatic carbocycles. The second-order valence-electron chi connectivity index (χ2n) is 7.14. The van der Waals surface area contributed by atoms with E-state index in [4.69, 9.17) is 5.73 Å². The zero-order valence-corrected chi connectivity index (χ0v) is 15.5. The molecule has 1 saturated carbocycles. The van der Waals surface area contributed by atoms with Crippen LogP contribution in [-0.4, -0.2) is 36.9 Å². The first kappa shape index (κ1) is 18.1. The standard InChI is InChI=1S/C20H22N6O2/c1-26-11-14(9-23-26)17(13-7-15(27)8-13)24-19(28)16-10-22-20(21)25-18(16)12-5-3-2-4-6-12/h2-6,9-11,13,15,17,27H,7-8H2,1H3,(H,24,28)(H2,21,22,25). The lowest BCUT2D eigenvalue weighted by atomic mass is 9.75. The topological polar surface area (TPSA) is 119 Å². The van der Waals surface area contributed by atoms with Gasteiger partial charge in [0.15, 0.2) is 0 Å². The number of nitrogens with zero attached hydrogens (tertiary/aromatic N) is 4. The number of nitrogen functional groups attached to an aromatic ring is 1. The maximum Gasteiger partial charge on any atom is 0.255 e. The molecule has 8 nitrogen and oxygen atoms in total. The summed E-state index contributed by atoms with van der Waals surface area (Å²) in [4.78, 5) is 21.4. The fourth-order valence-corrected chi connectivity index (χ4v) is 3.57. The van der Waals surface area contributed by atoms with Crippen molar-refractivity contribution in [1.82, 2.24) is 25.1 Å². The molecule has 144 valence electrons. The van der Waals surface area contributed by atoms with E-state index in [9.17, 15) is 9.90 Å². The molecule has 4 N–H and O–H groups in total. The van der Waals surface area contributed by atoms with E-state index in [0.29, 0.717) is 24.1 Å². The maximum atomic E-state index is 13.1. The fourth-order valence-electron chi connectivity index (χ4n) is 3.57. The molecule has 2 heterocycles. The van der Waals surface area contributed by atoms with Gasteiger partial charge in [-0.1, -0.05) is 30.3 Å². The smallest absolute Gasteiger partial charge is 0.255 e. The number of rotatable bonds is 5. The molecule has 1 atom stereocenters. The number of aliphatic hydroxyl groups is 1. The predicted octanol–water partition coefficient (Wildman–Crippen LogP) is 1.70. The zero-order chi connectivity index (χ0) is 19.7. The summed E-state index contributed by atoms with van der Waals surface area (Å²) < 4.78 is 1.70. The van der Waals surface area contributed by atoms with Crippen molar-refractivity contribution in [3.63, 3.8) is 0 Å². The minimum absolute atomic E-state index is 0.112. The van der Waals surface area contributed by atoms with Crippen LogP contribution in [0.4, 0.5) is 5.95 Å². The molecule has 0 bridgehead atoms. The molecule has 1 amide bonds. The summed E-state index contributed by atoms with van der Waals surface area (Å²) in [7, 11) is 1.83. The van der Waals surface area contributed by atoms with Gasteiger partial charge in [0.05, 0.1) is 29.6 Å². The molecule has 1 fully saturated rings. The van der Waals surface area contributed by atoms with E-state index < -0.39 is 0 Å². The highest BCUT2D eigenvalue weighted by Crippen LogP contribution is 2.38. The summed E-state index contributed by atoms with van der Waals surface area (Å²) >= 11 is 0. The van der Waals surface area contributed by atoms with E-state index in [1.54, 1.807) is 10.9 Å². The average molecular weight is 378 g/mol. The molecule has 0 saturated heterocycles. The number of amides is 1. The Balaban J connectivity index is 1.65. The van der Waals surface area contributed by atoms with Gasteiger partial charge in [-0.05, 0) is 18.8 Å². The van der Waals surface area contributed by atoms with E-state index in [0.717, 1.165) is 11.1 Å². The quantitative estimate of drug-likeness (QED) is 0.622. The van der Waals surface area contributed by atoms with Crippen LogP contribution in [0.15, 0.2) is 48.9 Å². The van der Waals surface area contributed by atoms with Crippen LogP contribution in [-0.2, 0) is 7.05 Å². The van der Waals surface area contributed by atoms with Crippen molar-refractivity contribution in [2.45, 2.75) is 25.0 Å². The Hall–Kier alpha value is -3.26. The third kappa shape index (κ3) is 3.59. The maximum absolute atomic E-state index is 13.1. The molecule has 1 unspecified atom stereocenters. The van der Waals surface area contributed by atoms with Crippen LogP contribution in [0.25, 0.3) is 11.3 Å². The Morgan fingerprint density at radius 3 is 2.68 bits per heavy atom. The molecular formula is C20H22N6O2. The van der Waals surface area contributed by atoms with Crippen LogP contribution < -0.4 is 11.1 Å². The van der Waals surface area contributed by atoms with Crippen LogP contribution in [0, 0.1) is 5.92 Å². The number of hydrogen-bond acceptors (Lipinski definition) is 6. The highest BCUT2D eigenvalue weighted by molar-refractivity contribution is 6.00. The van der Waals surface area contributed by atoms with Crippen LogP contribution in [0.1, 0.15) is 34.8 Å². The highest BCUT2D eigenvalue weighted by atomic mass is 16.3. The van der Waals surface area contributed by atoms with Gasteiger partial charge >= 0.3 is 0 Å². The average Bonchev–Trinajstić information content (AvgIpc) is 3.10. The van der Waals surface area contributed by atoms with Crippen molar-refractivity contribution >= 4 is 11.9 Å². The summed E-state index contributed by atoms with van der Waals surface area (Å²) in [6.07, 6.45) is 6.05. The molecule has 2 aromatic heterocycles. The molecule has 1 aromatic carbocycles. The third-order valence-electron chi connectivity index (χ3n) is 5.09. The molecule has 28 heavy (non-hydrogen) atoms. The second kappa shape index (κ2) is 7.40. The van der Waals surface area contributed by atoms with Crippen molar-refractivity contribution in [2.24, 2.45) is 13.0 Å². The van der Waals surface area contributed by atoms with E-state index in [-0.39, 0.29) is 29.9 Å². The van der Waals surface area contributed by atoms with Crippen molar-refractivity contribution < 1.29 is 9.90 Å². The Labute approximate surface area is 162 Å². The van der Waals surface area contributed by atoms with Crippen LogP contribution in [0.2, 0.25) is 0 Å². The minimum Gasteiger partial charge on any atom is -0.393 e. The van der Waals surface area contributed by atoms with Gasteiger partial charge in [0.2, 0.25) is 5.95 Å². The molecule has 0 spiro atoms. The summed E-state index contributed by atoms with van der Waals surface area (Å²) in [5.41, 5.74) is 8.31. The molecule has 8 heteroatoms. The summed E-state index contributed by atoms with van der Waals surface area (Å²) in [5, 5.41) is 17.0. The van der Waals surface area contributed by atoms with Crippen molar-refractivity contribution in [3.8, 4) is 11.3 Å². The normalized spacial score (nSPS) is 19.6. The van der Waals surface area contributed by atoms with Crippen molar-refractivity contribution in [2.75, 3.05) is 5.73 Å². The molecule has 1 aliphatic rings. The number of hydrogen-bond donors (Lipinski definition) is 3. The molecule has 4 rings (SSSR count). The number of aliphatic hydroxyl groups excluding tert-OH is 1. The number of aromatic nitrogens is 4. The van der Waals surface area contributed by atoms with Crippen molar-refractivity contribution in [3.05, 3.63) is 60.0 Å². The second-order valence-corrected chi connectivity index (χ2v) is 7.14. The SMILES string of the molecule is Cn1cc(C(NC(=O)c2cnc(N)nc2-c2ccccc2)C2CC(O)C2)cn1. The number of benzene rings is 1. The van der Waals surface area contributed by atoms with Gasteiger partial charge in [-0.15, -0.1) is 0 Å². The first-order valence-electron chi connectivity index (χ1n) is 9.16. The van der Waals surface area contributed by atoms with E-state index in [1.165, 1.54) is 6.20 Å². The van der Waals surface area contributed by atoms with E-state index >= 15 is 0 Å². The first-order valence-corrected chi connectivity index (χ1v) is 9.16. The Morgan fingerprint density at radius 2 is 2.04 bits per heavy atom. The Morgan fingerprint density at radius 1 is 1.29 bits per heavy atom. The zero-order valence-electron chi connectivity index (χ0n) is 15.5. The lowest BCUT2D eigenvalue weighted by molar-refractivity contribution is 0.0235. The van der Waals surface area contributed by atoms with Gasteiger partial charge in [-0.3, -0.25) is 9.48 Å². The van der Waals surface area contributed by atoms with Crippen LogP contribution >= 0.6 is 0 Å². The molecular weight excluding hydrogens is 356 g/mol. The number of carbonyl (C=O) groups is 1. The van der Waals surface area contributed by atoms with Gasteiger partial charge in [0, 0.05) is 30.6 Å². The first-order chi connectivity index (χ1) is 13.5. The van der Waals surface area contributed by atoms with Gasteiger partial charge in [0.1, 0.15) is 0 Å². The molecule has 0 radical (unpaired) electrons. The molecule has 0 aliphatic heterocycles. The Bertz CT molecular complexity index is 981. The van der Waals surface area contributed by atoms with Gasteiger partial charge in [-0.2, -0.15) is 5.10 Å². The van der Waals surface area contributed by atoms with Gasteiger partial charge in [-0.25, -0.2) is 9.97 Å². The number of anilines is 1. The summed E-state index contributed by atoms with van der Waals surface area (Å²) in [6, 6.07) is 9.16. The Kier molecular flexibility index (Phi) is 4.79. The number of nitrogens with one attached hydrogen (secondary N) is 1. The third-order valence-corrected chi connectivity index (χ3v) is 5.09. The number of nitrogens with two attached hydrogens (primary N) is 1. The van der Waals surface area contributed by atoms with Gasteiger partial charge < -0.3 is 16.2 Å². The lowest BCUT2D eigenvalue weighted by Crippen LogP contribution is -2.41. The number of aryl methyl sites for hydroxylation is 1. The fraction of sp³-hybridized carbons (Fsp3) is 0.300. The minimum atomic E-state index is -0.319. The number of carbonyl (C=O) groups excluding carboxylic acids is 1. The monoisotopic (exact) mass is 378 g/mol. The highest BCUT2D eigenvalue weighted by Gasteiger charge is 2.36. The lowest BCUT2D eigenvalue weighted by Gasteiger charge is -2.37. The van der Waals surface area contributed by atoms with Gasteiger partial charge in [0.25, 0.3) is 5.91 Å². The van der Waals surface area contributed by atoms with E-state index in [1.807, 2.05) is 43.6 Å². The largest absolute Gasteiger partial charge is 0.393 e. The van der Waals surface area contributed by atoms with Crippen molar-refractivity contribution in [1.29, 1.82) is 0 Å². The molecule has 3 aromatic rings. The van der Waals surface area contributed by atoms with Crippen LogP contribution in [0.3, 0.4) is 0 Å². The summed E-state index contributed by atoms with van der Waals surface area (Å²) in [5.74, 6) is -0.0200. The van der Waals surface area contributed by atoms with Crippen LogP contribution in [0.5, 0.6) is 0 Å². The summed E-state index contributed by atoms with van der Waals surface area (Å²) in [6.45, 7) is 0. The van der Waals surface area contributed by atoms with E-state index in [2.05, 4.69) is 20.4 Å². The predicted molar refractivity (Wildman–Crippen MR) is 104 cm³/mol.